The van der Waals surface area contributed by atoms with Crippen molar-refractivity contribution < 1.29 is 18.4 Å². The minimum atomic E-state index is -0.662. The molecule has 0 unspecified atom stereocenters. The van der Waals surface area contributed by atoms with E-state index >= 15 is 0 Å². The van der Waals surface area contributed by atoms with Crippen molar-refractivity contribution in [2.45, 2.75) is 39.7 Å². The lowest BCUT2D eigenvalue weighted by molar-refractivity contribution is 0.251. The largest absolute Gasteiger partial charge is 0.448 e. The average Bonchev–Trinajstić information content (AvgIpc) is 3.27. The molecule has 0 bridgehead atoms. The predicted octanol–water partition coefficient (Wildman–Crippen LogP) is 5.68. The van der Waals surface area contributed by atoms with Crippen LogP contribution >= 0.6 is 0 Å². The number of aromatic nitrogens is 1. The molecule has 0 saturated heterocycles. The summed E-state index contributed by atoms with van der Waals surface area (Å²) in [7, 11) is 3.43. The monoisotopic (exact) mass is 480 g/mol. The molecule has 4 rings (SSSR count). The van der Waals surface area contributed by atoms with Gasteiger partial charge in [-0.2, -0.15) is 0 Å². The average molecular weight is 481 g/mol. The first kappa shape index (κ1) is 24.1. The molecule has 35 heavy (non-hydrogen) atoms. The number of nitrogens with zero attached hydrogens (tertiary/aromatic N) is 3. The first-order chi connectivity index (χ1) is 16.5. The van der Waals surface area contributed by atoms with Crippen LogP contribution in [0.1, 0.15) is 37.5 Å². The summed E-state index contributed by atoms with van der Waals surface area (Å²) in [6.45, 7) is 8.05. The highest BCUT2D eigenvalue weighted by Gasteiger charge is 2.31. The van der Waals surface area contributed by atoms with Crippen LogP contribution in [0.3, 0.4) is 0 Å². The molecule has 3 heterocycles. The second kappa shape index (κ2) is 8.94. The van der Waals surface area contributed by atoms with Crippen molar-refractivity contribution in [3.63, 3.8) is 0 Å². The Bertz CT molecular complexity index is 1300. The van der Waals surface area contributed by atoms with Gasteiger partial charge in [0.25, 0.3) is 0 Å². The fraction of sp³-hybridized carbons (Fsp3) is 0.320. The van der Waals surface area contributed by atoms with Gasteiger partial charge in [-0.1, -0.05) is 20.8 Å². The van der Waals surface area contributed by atoms with E-state index in [1.165, 1.54) is 21.9 Å². The molecule has 0 aliphatic carbocycles. The number of hydrogen-bond donors (Lipinski definition) is 3. The van der Waals surface area contributed by atoms with Crippen molar-refractivity contribution >= 4 is 40.8 Å². The number of carbonyl (C=O) groups excluding carboxylic acids is 2. The number of rotatable bonds is 4. The lowest BCUT2D eigenvalue weighted by Crippen LogP contribution is -2.45. The molecular formula is C25H29FN6O3. The molecule has 4 amide bonds. The Balaban J connectivity index is 1.57. The van der Waals surface area contributed by atoms with Gasteiger partial charge in [-0.15, -0.1) is 0 Å². The van der Waals surface area contributed by atoms with Crippen LogP contribution in [0, 0.1) is 12.7 Å². The Labute approximate surface area is 203 Å². The molecular weight excluding hydrogens is 451 g/mol. The predicted molar refractivity (Wildman–Crippen MR) is 135 cm³/mol. The number of aryl methyl sites for hydroxylation is 1. The molecule has 2 aromatic heterocycles. The Morgan fingerprint density at radius 3 is 2.54 bits per heavy atom. The van der Waals surface area contributed by atoms with Gasteiger partial charge in [0.05, 0.1) is 29.9 Å². The number of anilines is 5. The normalized spacial score (nSPS) is 13.5. The highest BCUT2D eigenvalue weighted by atomic mass is 19.1. The molecule has 10 heteroatoms. The third-order valence-electron chi connectivity index (χ3n) is 5.95. The maximum absolute atomic E-state index is 14.8. The van der Waals surface area contributed by atoms with E-state index in [2.05, 4.69) is 20.9 Å². The molecule has 0 fully saturated rings. The van der Waals surface area contributed by atoms with Crippen molar-refractivity contribution in [3.05, 3.63) is 59.2 Å². The van der Waals surface area contributed by atoms with E-state index in [1.54, 1.807) is 45.6 Å². The molecule has 1 aromatic carbocycles. The first-order valence-electron chi connectivity index (χ1n) is 11.2. The Hall–Kier alpha value is -4.08. The highest BCUT2D eigenvalue weighted by Crippen LogP contribution is 2.35. The van der Waals surface area contributed by atoms with Crippen LogP contribution < -0.4 is 25.8 Å². The Morgan fingerprint density at radius 2 is 1.89 bits per heavy atom. The van der Waals surface area contributed by atoms with Crippen molar-refractivity contribution in [2.24, 2.45) is 0 Å². The number of hydrogen-bond acceptors (Lipinski definition) is 5. The van der Waals surface area contributed by atoms with Gasteiger partial charge in [0.2, 0.25) is 5.88 Å². The second-order valence-corrected chi connectivity index (χ2v) is 9.52. The van der Waals surface area contributed by atoms with Crippen molar-refractivity contribution in [2.75, 3.05) is 39.8 Å². The number of furan rings is 1. The van der Waals surface area contributed by atoms with Crippen LogP contribution in [-0.2, 0) is 12.0 Å². The van der Waals surface area contributed by atoms with Gasteiger partial charge < -0.3 is 15.1 Å². The number of urea groups is 2. The lowest BCUT2D eigenvalue weighted by Gasteiger charge is -2.35. The summed E-state index contributed by atoms with van der Waals surface area (Å²) in [5.41, 5.74) is 3.34. The fourth-order valence-corrected chi connectivity index (χ4v) is 3.86. The molecule has 0 radical (unpaired) electrons. The number of nitrogens with one attached hydrogen (secondary N) is 3. The van der Waals surface area contributed by atoms with Crippen LogP contribution in [0.2, 0.25) is 0 Å². The van der Waals surface area contributed by atoms with Crippen LogP contribution in [-0.4, -0.2) is 31.1 Å². The molecule has 3 aromatic rings. The third-order valence-corrected chi connectivity index (χ3v) is 5.95. The van der Waals surface area contributed by atoms with Crippen LogP contribution in [0.5, 0.6) is 0 Å². The van der Waals surface area contributed by atoms with Gasteiger partial charge in [0.15, 0.2) is 0 Å². The van der Waals surface area contributed by atoms with E-state index in [1.807, 2.05) is 20.8 Å². The van der Waals surface area contributed by atoms with E-state index < -0.39 is 11.8 Å². The Kier molecular flexibility index (Phi) is 6.14. The van der Waals surface area contributed by atoms with Crippen LogP contribution in [0.25, 0.3) is 0 Å². The zero-order chi connectivity index (χ0) is 25.5. The van der Waals surface area contributed by atoms with Gasteiger partial charge in [-0.25, -0.2) is 19.0 Å². The molecule has 184 valence electrons. The zero-order valence-electron chi connectivity index (χ0n) is 20.6. The lowest BCUT2D eigenvalue weighted by atomic mass is 9.89. The maximum atomic E-state index is 14.8. The summed E-state index contributed by atoms with van der Waals surface area (Å²) in [5.74, 6) is 0.284. The van der Waals surface area contributed by atoms with Crippen LogP contribution in [0.15, 0.2) is 41.1 Å². The molecule has 1 aliphatic heterocycles. The standard InChI is InChI=1S/C25H29FN6O3/c1-14-7-17(26)18(29-23(33)30-22-8-16(13-35-22)25(2,3)4)9-19(14)32-12-15-11-28-21(27-5)10-20(15)31(6)24(32)34/h7-11,13H,12H2,1-6H3,(H,27,28)(H2,29,30,33). The summed E-state index contributed by atoms with van der Waals surface area (Å²) in [6, 6.07) is 5.34. The topological polar surface area (TPSA) is 103 Å². The van der Waals surface area contributed by atoms with E-state index in [0.717, 1.165) is 16.8 Å². The zero-order valence-corrected chi connectivity index (χ0v) is 20.6. The van der Waals surface area contributed by atoms with Gasteiger partial charge in [-0.3, -0.25) is 15.1 Å². The smallest absolute Gasteiger partial charge is 0.329 e. The molecule has 0 spiro atoms. The number of halogens is 1. The summed E-state index contributed by atoms with van der Waals surface area (Å²) in [4.78, 5) is 33.1. The van der Waals surface area contributed by atoms with E-state index in [0.29, 0.717) is 17.1 Å². The number of amides is 4. The molecule has 1 aliphatic rings. The van der Waals surface area contributed by atoms with Gasteiger partial charge >= 0.3 is 12.1 Å². The molecule has 0 saturated carbocycles. The van der Waals surface area contributed by atoms with E-state index in [9.17, 15) is 14.0 Å². The van der Waals surface area contributed by atoms with Gasteiger partial charge in [0.1, 0.15) is 11.6 Å². The third kappa shape index (κ3) is 4.77. The first-order valence-corrected chi connectivity index (χ1v) is 11.2. The number of benzene rings is 1. The SMILES string of the molecule is CNc1cc2c(cn1)CN(c1cc(NC(=O)Nc3cc(C(C)(C)C)co3)c(F)cc1C)C(=O)N2C. The van der Waals surface area contributed by atoms with Crippen molar-refractivity contribution in [3.8, 4) is 0 Å². The van der Waals surface area contributed by atoms with Crippen molar-refractivity contribution in [1.82, 2.24) is 4.98 Å². The van der Waals surface area contributed by atoms with Crippen molar-refractivity contribution in [1.29, 1.82) is 0 Å². The van der Waals surface area contributed by atoms with Gasteiger partial charge in [0, 0.05) is 38.0 Å². The minimum Gasteiger partial charge on any atom is -0.448 e. The number of carbonyl (C=O) groups is 2. The van der Waals surface area contributed by atoms with Crippen LogP contribution in [0.4, 0.5) is 42.7 Å². The summed E-state index contributed by atoms with van der Waals surface area (Å²) in [6.07, 6.45) is 3.28. The molecule has 0 atom stereocenters. The maximum Gasteiger partial charge on any atom is 0.329 e. The van der Waals surface area contributed by atoms with E-state index in [-0.39, 0.29) is 29.6 Å². The summed E-state index contributed by atoms with van der Waals surface area (Å²) >= 11 is 0. The Morgan fingerprint density at radius 1 is 1.14 bits per heavy atom. The highest BCUT2D eigenvalue weighted by molar-refractivity contribution is 6.07. The van der Waals surface area contributed by atoms with E-state index in [4.69, 9.17) is 4.42 Å². The second-order valence-electron chi connectivity index (χ2n) is 9.52. The molecule has 3 N–H and O–H groups in total. The minimum absolute atomic E-state index is 0.0596. The fourth-order valence-electron chi connectivity index (χ4n) is 3.86. The number of pyridine rings is 1. The van der Waals surface area contributed by atoms with Gasteiger partial charge in [-0.05, 0) is 35.6 Å². The molecule has 9 nitrogen and oxygen atoms in total. The quantitative estimate of drug-likeness (QED) is 0.446. The summed E-state index contributed by atoms with van der Waals surface area (Å²) < 4.78 is 20.2. The number of fused-ring (bicyclic) bond motifs is 1. The summed E-state index contributed by atoms with van der Waals surface area (Å²) in [5, 5.41) is 8.06.